The van der Waals surface area contributed by atoms with Crippen molar-refractivity contribution in [3.63, 3.8) is 0 Å². The third-order valence-electron chi connectivity index (χ3n) is 3.43. The Morgan fingerprint density at radius 2 is 2.29 bits per heavy atom. The van der Waals surface area contributed by atoms with Crippen LogP contribution in [0.25, 0.3) is 11.0 Å². The summed E-state index contributed by atoms with van der Waals surface area (Å²) in [5.74, 6) is 0.102. The van der Waals surface area contributed by atoms with Gasteiger partial charge in [0.2, 0.25) is 5.95 Å². The maximum Gasteiger partial charge on any atom is 0.201 e. The second-order valence-electron chi connectivity index (χ2n) is 4.65. The van der Waals surface area contributed by atoms with E-state index in [1.54, 1.807) is 6.07 Å². The van der Waals surface area contributed by atoms with Crippen molar-refractivity contribution >= 4 is 17.0 Å². The average Bonchev–Trinajstić information content (AvgIpc) is 2.82. The molecule has 1 aliphatic rings. The highest BCUT2D eigenvalue weighted by molar-refractivity contribution is 5.79. The molecular weight excluding hydrogens is 219 g/mol. The first-order valence-electron chi connectivity index (χ1n) is 5.77. The SMILES string of the molecule is CN1CCC(n2c(N)nc3c(F)cccc32)C1. The van der Waals surface area contributed by atoms with Crippen molar-refractivity contribution in [1.29, 1.82) is 0 Å². The molecule has 1 aliphatic heterocycles. The van der Waals surface area contributed by atoms with E-state index in [1.807, 2.05) is 10.6 Å². The molecule has 4 nitrogen and oxygen atoms in total. The summed E-state index contributed by atoms with van der Waals surface area (Å²) in [6.07, 6.45) is 1.03. The number of imidazole rings is 1. The quantitative estimate of drug-likeness (QED) is 0.816. The lowest BCUT2D eigenvalue weighted by atomic mass is 10.2. The molecule has 0 bridgehead atoms. The molecule has 0 radical (unpaired) electrons. The number of hydrogen-bond donors (Lipinski definition) is 1. The number of nitrogen functional groups attached to an aromatic ring is 1. The molecule has 0 saturated carbocycles. The van der Waals surface area contributed by atoms with Crippen molar-refractivity contribution in [2.75, 3.05) is 25.9 Å². The highest BCUT2D eigenvalue weighted by atomic mass is 19.1. The van der Waals surface area contributed by atoms with E-state index >= 15 is 0 Å². The van der Waals surface area contributed by atoms with Crippen LogP contribution >= 0.6 is 0 Å². The molecule has 1 atom stereocenters. The topological polar surface area (TPSA) is 47.1 Å². The Kier molecular flexibility index (Phi) is 2.29. The maximum atomic E-state index is 13.6. The molecule has 0 spiro atoms. The fourth-order valence-electron chi connectivity index (χ4n) is 2.61. The minimum Gasteiger partial charge on any atom is -0.369 e. The zero-order valence-electron chi connectivity index (χ0n) is 9.73. The molecule has 90 valence electrons. The summed E-state index contributed by atoms with van der Waals surface area (Å²) < 4.78 is 15.6. The summed E-state index contributed by atoms with van der Waals surface area (Å²) in [5.41, 5.74) is 7.08. The van der Waals surface area contributed by atoms with Crippen molar-refractivity contribution in [2.24, 2.45) is 0 Å². The summed E-state index contributed by atoms with van der Waals surface area (Å²) in [6, 6.07) is 5.29. The predicted octanol–water partition coefficient (Wildman–Crippen LogP) is 1.63. The molecule has 2 aromatic rings. The van der Waals surface area contributed by atoms with Crippen LogP contribution in [0.4, 0.5) is 10.3 Å². The molecule has 0 amide bonds. The zero-order valence-corrected chi connectivity index (χ0v) is 9.73. The van der Waals surface area contributed by atoms with Crippen LogP contribution in [0.2, 0.25) is 0 Å². The smallest absolute Gasteiger partial charge is 0.201 e. The Morgan fingerprint density at radius 3 is 3.00 bits per heavy atom. The molecular formula is C12H15FN4. The molecule has 1 fully saturated rings. The lowest BCUT2D eigenvalue weighted by Gasteiger charge is -2.14. The highest BCUT2D eigenvalue weighted by Crippen LogP contribution is 2.29. The number of aromatic nitrogens is 2. The van der Waals surface area contributed by atoms with E-state index in [-0.39, 0.29) is 5.82 Å². The molecule has 0 aliphatic carbocycles. The molecule has 2 heterocycles. The van der Waals surface area contributed by atoms with Gasteiger partial charge in [0.25, 0.3) is 0 Å². The van der Waals surface area contributed by atoms with Crippen LogP contribution in [0.15, 0.2) is 18.2 Å². The number of anilines is 1. The van der Waals surface area contributed by atoms with Gasteiger partial charge in [0.15, 0.2) is 5.82 Å². The highest BCUT2D eigenvalue weighted by Gasteiger charge is 2.25. The van der Waals surface area contributed by atoms with E-state index in [0.717, 1.165) is 25.0 Å². The van der Waals surface area contributed by atoms with Crippen LogP contribution in [-0.2, 0) is 0 Å². The van der Waals surface area contributed by atoms with Gasteiger partial charge in [0.1, 0.15) is 5.52 Å². The minimum atomic E-state index is -0.306. The van der Waals surface area contributed by atoms with E-state index in [2.05, 4.69) is 16.9 Å². The van der Waals surface area contributed by atoms with Gasteiger partial charge >= 0.3 is 0 Å². The summed E-state index contributed by atoms with van der Waals surface area (Å²) in [4.78, 5) is 6.37. The number of fused-ring (bicyclic) bond motifs is 1. The van der Waals surface area contributed by atoms with Gasteiger partial charge in [0.05, 0.1) is 11.6 Å². The number of halogens is 1. The Morgan fingerprint density at radius 1 is 1.47 bits per heavy atom. The summed E-state index contributed by atoms with van der Waals surface area (Å²) in [7, 11) is 2.08. The number of nitrogens with zero attached hydrogens (tertiary/aromatic N) is 3. The van der Waals surface area contributed by atoms with Gasteiger partial charge in [-0.2, -0.15) is 0 Å². The molecule has 1 unspecified atom stereocenters. The van der Waals surface area contributed by atoms with Crippen molar-refractivity contribution in [3.05, 3.63) is 24.0 Å². The van der Waals surface area contributed by atoms with E-state index in [4.69, 9.17) is 5.73 Å². The largest absolute Gasteiger partial charge is 0.369 e. The predicted molar refractivity (Wildman–Crippen MR) is 65.3 cm³/mol. The Hall–Kier alpha value is -1.62. The van der Waals surface area contributed by atoms with Gasteiger partial charge in [0, 0.05) is 6.54 Å². The molecule has 5 heteroatoms. The van der Waals surface area contributed by atoms with Gasteiger partial charge < -0.3 is 15.2 Å². The van der Waals surface area contributed by atoms with Crippen molar-refractivity contribution in [1.82, 2.24) is 14.5 Å². The van der Waals surface area contributed by atoms with Crippen LogP contribution in [0.5, 0.6) is 0 Å². The summed E-state index contributed by atoms with van der Waals surface area (Å²) in [5, 5.41) is 0. The first-order chi connectivity index (χ1) is 8.16. The first kappa shape index (κ1) is 10.5. The number of likely N-dealkylation sites (N-methyl/N-ethyl adjacent to an activating group) is 1. The van der Waals surface area contributed by atoms with Crippen molar-refractivity contribution in [2.45, 2.75) is 12.5 Å². The second-order valence-corrected chi connectivity index (χ2v) is 4.65. The number of para-hydroxylation sites is 1. The van der Waals surface area contributed by atoms with Gasteiger partial charge in [-0.3, -0.25) is 0 Å². The van der Waals surface area contributed by atoms with Crippen LogP contribution in [0, 0.1) is 5.82 Å². The first-order valence-corrected chi connectivity index (χ1v) is 5.77. The van der Waals surface area contributed by atoms with Crippen molar-refractivity contribution < 1.29 is 4.39 Å². The Balaban J connectivity index is 2.16. The van der Waals surface area contributed by atoms with Crippen LogP contribution in [0.3, 0.4) is 0 Å². The monoisotopic (exact) mass is 234 g/mol. The van der Waals surface area contributed by atoms with Crippen LogP contribution in [-0.4, -0.2) is 34.6 Å². The number of hydrogen-bond acceptors (Lipinski definition) is 3. The summed E-state index contributed by atoms with van der Waals surface area (Å²) >= 11 is 0. The van der Waals surface area contributed by atoms with E-state index in [0.29, 0.717) is 17.5 Å². The van der Waals surface area contributed by atoms with Gasteiger partial charge in [-0.1, -0.05) is 6.07 Å². The average molecular weight is 234 g/mol. The minimum absolute atomic E-state index is 0.298. The number of rotatable bonds is 1. The Bertz CT molecular complexity index is 563. The lowest BCUT2D eigenvalue weighted by Crippen LogP contribution is -2.17. The zero-order chi connectivity index (χ0) is 12.0. The lowest BCUT2D eigenvalue weighted by molar-refractivity contribution is 0.396. The van der Waals surface area contributed by atoms with Crippen LogP contribution < -0.4 is 5.73 Å². The summed E-state index contributed by atoms with van der Waals surface area (Å²) in [6.45, 7) is 1.98. The normalized spacial score (nSPS) is 21.4. The van der Waals surface area contributed by atoms with E-state index < -0.39 is 0 Å². The molecule has 3 rings (SSSR count). The number of likely N-dealkylation sites (tertiary alicyclic amines) is 1. The number of nitrogens with two attached hydrogens (primary N) is 1. The fourth-order valence-corrected chi connectivity index (χ4v) is 2.61. The second kappa shape index (κ2) is 3.70. The molecule has 1 saturated heterocycles. The molecule has 1 aromatic heterocycles. The van der Waals surface area contributed by atoms with E-state index in [9.17, 15) is 4.39 Å². The van der Waals surface area contributed by atoms with Gasteiger partial charge in [-0.25, -0.2) is 9.37 Å². The molecule has 17 heavy (non-hydrogen) atoms. The third kappa shape index (κ3) is 1.58. The van der Waals surface area contributed by atoms with Gasteiger partial charge in [-0.15, -0.1) is 0 Å². The van der Waals surface area contributed by atoms with Gasteiger partial charge in [-0.05, 0) is 32.1 Å². The third-order valence-corrected chi connectivity index (χ3v) is 3.43. The maximum absolute atomic E-state index is 13.6. The number of benzene rings is 1. The van der Waals surface area contributed by atoms with Crippen LogP contribution in [0.1, 0.15) is 12.5 Å². The molecule has 1 aromatic carbocycles. The fraction of sp³-hybridized carbons (Fsp3) is 0.417. The molecule has 2 N–H and O–H groups in total. The Labute approximate surface area is 98.8 Å². The van der Waals surface area contributed by atoms with Crippen molar-refractivity contribution in [3.8, 4) is 0 Å². The standard InChI is InChI=1S/C12H15FN4/c1-16-6-5-8(7-16)17-10-4-2-3-9(13)11(10)15-12(17)14/h2-4,8H,5-7H2,1H3,(H2,14,15). The van der Waals surface area contributed by atoms with E-state index in [1.165, 1.54) is 6.07 Å².